The van der Waals surface area contributed by atoms with Crippen molar-refractivity contribution < 1.29 is 14.3 Å². The van der Waals surface area contributed by atoms with Crippen molar-refractivity contribution in [3.63, 3.8) is 0 Å². The molecule has 32 heavy (non-hydrogen) atoms. The average molecular weight is 440 g/mol. The highest BCUT2D eigenvalue weighted by Crippen LogP contribution is 2.32. The second-order valence-corrected chi connectivity index (χ2v) is 8.11. The van der Waals surface area contributed by atoms with E-state index in [1.807, 2.05) is 18.2 Å². The molecule has 0 bridgehead atoms. The third-order valence-corrected chi connectivity index (χ3v) is 6.06. The second kappa shape index (κ2) is 7.83. The van der Waals surface area contributed by atoms with Gasteiger partial charge in [0.15, 0.2) is 22.7 Å². The zero-order valence-electron chi connectivity index (χ0n) is 18.0. The summed E-state index contributed by atoms with van der Waals surface area (Å²) in [5, 5.41) is 0. The van der Waals surface area contributed by atoms with Crippen molar-refractivity contribution in [3.05, 3.63) is 50.9 Å². The Morgan fingerprint density at radius 2 is 1.81 bits per heavy atom. The molecule has 11 nitrogen and oxygen atoms in total. The molecule has 0 aliphatic carbocycles. The number of benzene rings is 1. The monoisotopic (exact) mass is 440 g/mol. The third-order valence-electron chi connectivity index (χ3n) is 6.06. The summed E-state index contributed by atoms with van der Waals surface area (Å²) in [7, 11) is 3.24. The number of hydrogen-bond acceptors (Lipinski definition) is 7. The van der Waals surface area contributed by atoms with Crippen molar-refractivity contribution >= 4 is 17.1 Å². The Kier molecular flexibility index (Phi) is 4.97. The molecule has 0 spiro atoms. The van der Waals surface area contributed by atoms with Gasteiger partial charge in [-0.3, -0.25) is 19.1 Å². The van der Waals surface area contributed by atoms with Gasteiger partial charge in [0.25, 0.3) is 5.56 Å². The smallest absolute Gasteiger partial charge is 0.332 e. The fourth-order valence-electron chi connectivity index (χ4n) is 4.22. The maximum atomic E-state index is 12.9. The summed E-state index contributed by atoms with van der Waals surface area (Å²) in [6.07, 6.45) is 1.48. The molecule has 0 radical (unpaired) electrons. The number of piperazine rings is 1. The van der Waals surface area contributed by atoms with E-state index < -0.39 is 11.2 Å². The zero-order valence-corrected chi connectivity index (χ0v) is 18.0. The maximum Gasteiger partial charge on any atom is 0.332 e. The third kappa shape index (κ3) is 3.44. The van der Waals surface area contributed by atoms with E-state index in [4.69, 9.17) is 9.47 Å². The van der Waals surface area contributed by atoms with Gasteiger partial charge < -0.3 is 18.9 Å². The lowest BCUT2D eigenvalue weighted by molar-refractivity contribution is -0.133. The van der Waals surface area contributed by atoms with Crippen LogP contribution in [0.3, 0.4) is 0 Å². The average Bonchev–Trinajstić information content (AvgIpc) is 3.42. The van der Waals surface area contributed by atoms with Gasteiger partial charge in [0.2, 0.25) is 12.7 Å². The molecule has 1 fully saturated rings. The van der Waals surface area contributed by atoms with Gasteiger partial charge in [0.1, 0.15) is 6.54 Å². The molecular weight excluding hydrogens is 416 g/mol. The number of fused-ring (bicyclic) bond motifs is 2. The molecule has 2 aliphatic rings. The molecule has 0 saturated carbocycles. The number of aromatic nitrogens is 4. The minimum Gasteiger partial charge on any atom is -0.454 e. The summed E-state index contributed by atoms with van der Waals surface area (Å²) in [5.41, 5.74) is 0.680. The molecule has 2 aliphatic heterocycles. The quantitative estimate of drug-likeness (QED) is 0.539. The molecule has 0 atom stereocenters. The van der Waals surface area contributed by atoms with E-state index in [-0.39, 0.29) is 19.2 Å². The first-order valence-corrected chi connectivity index (χ1v) is 10.4. The first kappa shape index (κ1) is 20.3. The molecular formula is C21H24N6O5. The van der Waals surface area contributed by atoms with E-state index in [0.717, 1.165) is 28.2 Å². The highest BCUT2D eigenvalue weighted by molar-refractivity contribution is 5.77. The zero-order chi connectivity index (χ0) is 22.4. The topological polar surface area (TPSA) is 104 Å². The van der Waals surface area contributed by atoms with Crippen LogP contribution in [0.4, 0.5) is 0 Å². The predicted octanol–water partition coefficient (Wildman–Crippen LogP) is -0.493. The number of imidazole rings is 1. The Labute approximate surface area is 183 Å². The van der Waals surface area contributed by atoms with Gasteiger partial charge in [-0.2, -0.15) is 0 Å². The minimum absolute atomic E-state index is 0.242. The number of carbonyl (C=O) groups excluding carboxylic acids is 1. The van der Waals surface area contributed by atoms with Crippen LogP contribution in [-0.2, 0) is 32.0 Å². The maximum absolute atomic E-state index is 12.9. The normalized spacial score (nSPS) is 16.1. The standard InChI is InChI=1S/C21H24N6O5/c1-23-12-22-19-18(23)20(29)27(21(30)24(19)2)11-17(28)26-7-5-25(6-8-26)10-14-3-4-15-16(9-14)32-13-31-15/h3-4,9,12H,5-8,10-11,13H2,1-2H3. The fraction of sp³-hybridized carbons (Fsp3) is 0.429. The van der Waals surface area contributed by atoms with Gasteiger partial charge in [-0.1, -0.05) is 6.07 Å². The van der Waals surface area contributed by atoms with Crippen LogP contribution in [0.1, 0.15) is 5.56 Å². The van der Waals surface area contributed by atoms with Crippen molar-refractivity contribution in [2.75, 3.05) is 33.0 Å². The van der Waals surface area contributed by atoms with Crippen LogP contribution in [-0.4, -0.2) is 67.4 Å². The highest BCUT2D eigenvalue weighted by atomic mass is 16.7. The number of ether oxygens (including phenoxy) is 2. The van der Waals surface area contributed by atoms with Crippen LogP contribution in [0.25, 0.3) is 11.2 Å². The van der Waals surface area contributed by atoms with Crippen LogP contribution in [0, 0.1) is 0 Å². The number of nitrogens with zero attached hydrogens (tertiary/aromatic N) is 6. The SMILES string of the molecule is Cn1cnc2c1c(=O)n(CC(=O)N1CCN(Cc3ccc4c(c3)OCO4)CC1)c(=O)n2C. The van der Waals surface area contributed by atoms with Gasteiger partial charge >= 0.3 is 5.69 Å². The number of carbonyl (C=O) groups is 1. The Hall–Kier alpha value is -3.60. The molecule has 1 aromatic carbocycles. The van der Waals surface area contributed by atoms with E-state index in [9.17, 15) is 14.4 Å². The molecule has 0 N–H and O–H groups in total. The van der Waals surface area contributed by atoms with Gasteiger partial charge in [0, 0.05) is 46.8 Å². The molecule has 2 aromatic heterocycles. The van der Waals surface area contributed by atoms with Crippen LogP contribution in [0.2, 0.25) is 0 Å². The Balaban J connectivity index is 1.25. The number of amides is 1. The molecule has 168 valence electrons. The van der Waals surface area contributed by atoms with Gasteiger partial charge in [-0.15, -0.1) is 0 Å². The molecule has 0 unspecified atom stereocenters. The van der Waals surface area contributed by atoms with Crippen LogP contribution in [0.5, 0.6) is 11.5 Å². The van der Waals surface area contributed by atoms with Crippen molar-refractivity contribution in [2.24, 2.45) is 14.1 Å². The van der Waals surface area contributed by atoms with E-state index in [0.29, 0.717) is 37.3 Å². The predicted molar refractivity (Wildman–Crippen MR) is 115 cm³/mol. The number of aryl methyl sites for hydroxylation is 2. The number of rotatable bonds is 4. The summed E-state index contributed by atoms with van der Waals surface area (Å²) < 4.78 is 14.6. The van der Waals surface area contributed by atoms with Gasteiger partial charge in [-0.25, -0.2) is 14.3 Å². The molecule has 3 aromatic rings. The lowest BCUT2D eigenvalue weighted by Crippen LogP contribution is -2.51. The van der Waals surface area contributed by atoms with E-state index in [2.05, 4.69) is 9.88 Å². The van der Waals surface area contributed by atoms with Crippen molar-refractivity contribution in [1.82, 2.24) is 28.5 Å². The fourth-order valence-corrected chi connectivity index (χ4v) is 4.22. The largest absolute Gasteiger partial charge is 0.454 e. The van der Waals surface area contributed by atoms with Crippen LogP contribution < -0.4 is 20.7 Å². The van der Waals surface area contributed by atoms with Crippen molar-refractivity contribution in [3.8, 4) is 11.5 Å². The Morgan fingerprint density at radius 1 is 1.06 bits per heavy atom. The summed E-state index contributed by atoms with van der Waals surface area (Å²) in [4.78, 5) is 46.4. The lowest BCUT2D eigenvalue weighted by Gasteiger charge is -2.34. The Morgan fingerprint density at radius 3 is 2.59 bits per heavy atom. The summed E-state index contributed by atoms with van der Waals surface area (Å²) >= 11 is 0. The van der Waals surface area contributed by atoms with E-state index in [1.165, 1.54) is 10.9 Å². The van der Waals surface area contributed by atoms with Crippen LogP contribution in [0.15, 0.2) is 34.1 Å². The number of hydrogen-bond donors (Lipinski definition) is 0. The van der Waals surface area contributed by atoms with Crippen LogP contribution >= 0.6 is 0 Å². The van der Waals surface area contributed by atoms with E-state index in [1.54, 1.807) is 23.6 Å². The minimum atomic E-state index is -0.545. The Bertz CT molecular complexity index is 1310. The second-order valence-electron chi connectivity index (χ2n) is 8.11. The lowest BCUT2D eigenvalue weighted by atomic mass is 10.1. The van der Waals surface area contributed by atoms with E-state index >= 15 is 0 Å². The molecule has 1 saturated heterocycles. The van der Waals surface area contributed by atoms with Gasteiger partial charge in [-0.05, 0) is 17.7 Å². The molecule has 5 rings (SSSR count). The van der Waals surface area contributed by atoms with Gasteiger partial charge in [0.05, 0.1) is 6.33 Å². The molecule has 11 heteroatoms. The summed E-state index contributed by atoms with van der Waals surface area (Å²) in [5.74, 6) is 1.28. The highest BCUT2D eigenvalue weighted by Gasteiger charge is 2.24. The van der Waals surface area contributed by atoms with Crippen molar-refractivity contribution in [2.45, 2.75) is 13.1 Å². The summed E-state index contributed by atoms with van der Waals surface area (Å²) in [6, 6.07) is 5.91. The molecule has 1 amide bonds. The van der Waals surface area contributed by atoms with Crippen molar-refractivity contribution in [1.29, 1.82) is 0 Å². The first-order valence-electron chi connectivity index (χ1n) is 10.4. The molecule has 4 heterocycles. The summed E-state index contributed by atoms with van der Waals surface area (Å²) in [6.45, 7) is 3.18. The first-order chi connectivity index (χ1) is 15.4.